The molecule has 1 aromatic rings. The van der Waals surface area contributed by atoms with Crippen LogP contribution in [0.1, 0.15) is 17.7 Å². The minimum atomic E-state index is -0.0313. The number of likely N-dealkylation sites (N-methyl/N-ethyl adjacent to an activating group) is 1. The smallest absolute Gasteiger partial charge is 0.237 e. The molecule has 7 heteroatoms. The summed E-state index contributed by atoms with van der Waals surface area (Å²) in [6.45, 7) is 5.11. The van der Waals surface area contributed by atoms with Crippen molar-refractivity contribution in [2.45, 2.75) is 25.4 Å². The standard InChI is InChI=1S/C16H22ClN3O2S/c1-3-8-20(9-13-6-7-14(17)23-13)16(22)11-19(2)10-15(21)18-12-4-5-12/h3,6-7,12H,1,4-5,8-11H2,2H3,(H,18,21). The summed E-state index contributed by atoms with van der Waals surface area (Å²) >= 11 is 7.39. The molecule has 1 saturated carbocycles. The number of rotatable bonds is 9. The quantitative estimate of drug-likeness (QED) is 0.690. The van der Waals surface area contributed by atoms with Gasteiger partial charge in [0.25, 0.3) is 0 Å². The topological polar surface area (TPSA) is 52.7 Å². The fourth-order valence-electron chi connectivity index (χ4n) is 2.17. The van der Waals surface area contributed by atoms with Crippen molar-refractivity contribution in [3.05, 3.63) is 34.0 Å². The molecule has 1 aromatic heterocycles. The van der Waals surface area contributed by atoms with Crippen molar-refractivity contribution in [2.75, 3.05) is 26.7 Å². The third kappa shape index (κ3) is 6.33. The molecule has 1 aliphatic carbocycles. The minimum absolute atomic E-state index is 0.0249. The molecule has 1 aliphatic rings. The number of nitrogens with one attached hydrogen (secondary N) is 1. The van der Waals surface area contributed by atoms with Gasteiger partial charge in [0.15, 0.2) is 0 Å². The predicted molar refractivity (Wildman–Crippen MR) is 93.6 cm³/mol. The lowest BCUT2D eigenvalue weighted by molar-refractivity contribution is -0.132. The average molecular weight is 356 g/mol. The molecule has 0 spiro atoms. The highest BCUT2D eigenvalue weighted by atomic mass is 35.5. The van der Waals surface area contributed by atoms with E-state index < -0.39 is 0 Å². The third-order valence-corrected chi connectivity index (χ3v) is 4.65. The highest BCUT2D eigenvalue weighted by Gasteiger charge is 2.24. The molecule has 0 bridgehead atoms. The molecule has 2 rings (SSSR count). The van der Waals surface area contributed by atoms with Crippen molar-refractivity contribution in [3.63, 3.8) is 0 Å². The molecule has 23 heavy (non-hydrogen) atoms. The number of carbonyl (C=O) groups is 2. The van der Waals surface area contributed by atoms with E-state index in [9.17, 15) is 9.59 Å². The summed E-state index contributed by atoms with van der Waals surface area (Å²) in [6, 6.07) is 4.09. The van der Waals surface area contributed by atoms with Crippen molar-refractivity contribution in [1.82, 2.24) is 15.1 Å². The van der Waals surface area contributed by atoms with E-state index in [4.69, 9.17) is 11.6 Å². The molecule has 1 heterocycles. The number of thiophene rings is 1. The van der Waals surface area contributed by atoms with Crippen LogP contribution in [0, 0.1) is 0 Å². The molecular formula is C16H22ClN3O2S. The van der Waals surface area contributed by atoms with Gasteiger partial charge in [0.2, 0.25) is 11.8 Å². The maximum atomic E-state index is 12.4. The van der Waals surface area contributed by atoms with E-state index in [1.54, 1.807) is 22.9 Å². The minimum Gasteiger partial charge on any atom is -0.352 e. The molecule has 126 valence electrons. The average Bonchev–Trinajstić information content (AvgIpc) is 3.18. The summed E-state index contributed by atoms with van der Waals surface area (Å²) in [7, 11) is 1.78. The van der Waals surface area contributed by atoms with Gasteiger partial charge in [-0.15, -0.1) is 17.9 Å². The van der Waals surface area contributed by atoms with Crippen LogP contribution in [0.15, 0.2) is 24.8 Å². The summed E-state index contributed by atoms with van der Waals surface area (Å²) in [5, 5.41) is 2.92. The summed E-state index contributed by atoms with van der Waals surface area (Å²) in [6.07, 6.45) is 3.82. The maximum Gasteiger partial charge on any atom is 0.237 e. The zero-order chi connectivity index (χ0) is 16.8. The molecule has 0 aromatic carbocycles. The Hall–Kier alpha value is -1.37. The van der Waals surface area contributed by atoms with Crippen molar-refractivity contribution < 1.29 is 9.59 Å². The third-order valence-electron chi connectivity index (χ3n) is 3.44. The van der Waals surface area contributed by atoms with Gasteiger partial charge in [0, 0.05) is 17.5 Å². The van der Waals surface area contributed by atoms with Crippen LogP contribution in [0.25, 0.3) is 0 Å². The first kappa shape index (κ1) is 18.0. The summed E-state index contributed by atoms with van der Waals surface area (Å²) < 4.78 is 0.708. The van der Waals surface area contributed by atoms with Crippen molar-refractivity contribution in [2.24, 2.45) is 0 Å². The fourth-order valence-corrected chi connectivity index (χ4v) is 3.27. The molecule has 2 amide bonds. The monoisotopic (exact) mass is 355 g/mol. The molecule has 0 radical (unpaired) electrons. The Morgan fingerprint density at radius 1 is 1.43 bits per heavy atom. The van der Waals surface area contributed by atoms with Gasteiger partial charge in [-0.2, -0.15) is 0 Å². The summed E-state index contributed by atoms with van der Waals surface area (Å²) in [5.74, 6) is -0.0562. The van der Waals surface area contributed by atoms with E-state index in [1.165, 1.54) is 11.3 Å². The molecule has 5 nitrogen and oxygen atoms in total. The molecule has 0 unspecified atom stereocenters. The van der Waals surface area contributed by atoms with Crippen molar-refractivity contribution >= 4 is 34.8 Å². The van der Waals surface area contributed by atoms with Gasteiger partial charge in [-0.05, 0) is 32.0 Å². The fraction of sp³-hybridized carbons (Fsp3) is 0.500. The van der Waals surface area contributed by atoms with Gasteiger partial charge in [0.05, 0.1) is 24.0 Å². The van der Waals surface area contributed by atoms with E-state index in [0.29, 0.717) is 23.5 Å². The first-order valence-corrected chi connectivity index (χ1v) is 8.78. The second-order valence-corrected chi connectivity index (χ2v) is 7.58. The number of carbonyl (C=O) groups excluding carboxylic acids is 2. The van der Waals surface area contributed by atoms with Crippen LogP contribution in [-0.2, 0) is 16.1 Å². The summed E-state index contributed by atoms with van der Waals surface area (Å²) in [4.78, 5) is 28.7. The highest BCUT2D eigenvalue weighted by molar-refractivity contribution is 7.16. The maximum absolute atomic E-state index is 12.4. The van der Waals surface area contributed by atoms with Gasteiger partial charge in [-0.25, -0.2) is 0 Å². The second kappa shape index (κ2) is 8.47. The first-order chi connectivity index (χ1) is 11.0. The Balaban J connectivity index is 1.83. The Kier molecular flexibility index (Phi) is 6.62. The lowest BCUT2D eigenvalue weighted by Crippen LogP contribution is -2.42. The lowest BCUT2D eigenvalue weighted by Gasteiger charge is -2.24. The van der Waals surface area contributed by atoms with E-state index in [1.807, 2.05) is 12.1 Å². The number of halogens is 1. The van der Waals surface area contributed by atoms with Gasteiger partial charge >= 0.3 is 0 Å². The van der Waals surface area contributed by atoms with Crippen LogP contribution >= 0.6 is 22.9 Å². The van der Waals surface area contributed by atoms with E-state index >= 15 is 0 Å². The molecule has 0 aliphatic heterocycles. The molecule has 0 atom stereocenters. The van der Waals surface area contributed by atoms with E-state index in [-0.39, 0.29) is 24.9 Å². The zero-order valence-electron chi connectivity index (χ0n) is 13.3. The molecule has 1 fully saturated rings. The van der Waals surface area contributed by atoms with Crippen LogP contribution in [0.5, 0.6) is 0 Å². The van der Waals surface area contributed by atoms with Crippen LogP contribution in [0.3, 0.4) is 0 Å². The predicted octanol–water partition coefficient (Wildman–Crippen LogP) is 2.13. The number of hydrogen-bond acceptors (Lipinski definition) is 4. The van der Waals surface area contributed by atoms with E-state index in [2.05, 4.69) is 11.9 Å². The molecule has 0 saturated heterocycles. The Labute approximate surface area is 145 Å². The van der Waals surface area contributed by atoms with Crippen LogP contribution in [0.2, 0.25) is 4.34 Å². The Bertz CT molecular complexity index is 571. The van der Waals surface area contributed by atoms with Crippen LogP contribution in [0.4, 0.5) is 0 Å². The van der Waals surface area contributed by atoms with Crippen LogP contribution < -0.4 is 5.32 Å². The summed E-state index contributed by atoms with van der Waals surface area (Å²) in [5.41, 5.74) is 0. The zero-order valence-corrected chi connectivity index (χ0v) is 14.8. The second-order valence-electron chi connectivity index (χ2n) is 5.78. The lowest BCUT2D eigenvalue weighted by atomic mass is 10.3. The highest BCUT2D eigenvalue weighted by Crippen LogP contribution is 2.22. The van der Waals surface area contributed by atoms with Crippen molar-refractivity contribution in [1.29, 1.82) is 0 Å². The number of amides is 2. The SMILES string of the molecule is C=CCN(Cc1ccc(Cl)s1)C(=O)CN(C)CC(=O)NC1CC1. The van der Waals surface area contributed by atoms with Gasteiger partial charge in [0.1, 0.15) is 0 Å². The van der Waals surface area contributed by atoms with Gasteiger partial charge in [-0.3, -0.25) is 14.5 Å². The Morgan fingerprint density at radius 2 is 2.17 bits per heavy atom. The molecule has 1 N–H and O–H groups in total. The van der Waals surface area contributed by atoms with Crippen LogP contribution in [-0.4, -0.2) is 54.3 Å². The van der Waals surface area contributed by atoms with Gasteiger partial charge < -0.3 is 10.2 Å². The van der Waals surface area contributed by atoms with Gasteiger partial charge in [-0.1, -0.05) is 17.7 Å². The Morgan fingerprint density at radius 3 is 2.74 bits per heavy atom. The number of hydrogen-bond donors (Lipinski definition) is 1. The van der Waals surface area contributed by atoms with E-state index in [0.717, 1.165) is 17.7 Å². The van der Waals surface area contributed by atoms with Crippen molar-refractivity contribution in [3.8, 4) is 0 Å². The largest absolute Gasteiger partial charge is 0.352 e. The normalized spacial score (nSPS) is 13.9. The first-order valence-electron chi connectivity index (χ1n) is 7.58. The molecular weight excluding hydrogens is 334 g/mol. The number of nitrogens with zero attached hydrogens (tertiary/aromatic N) is 2.